The van der Waals surface area contributed by atoms with E-state index < -0.39 is 0 Å². The van der Waals surface area contributed by atoms with E-state index in [1.54, 1.807) is 12.1 Å². The van der Waals surface area contributed by atoms with E-state index in [0.29, 0.717) is 5.69 Å². The van der Waals surface area contributed by atoms with Gasteiger partial charge in [-0.3, -0.25) is 0 Å². The molecule has 0 amide bonds. The molecule has 0 radical (unpaired) electrons. The fraction of sp³-hybridized carbons (Fsp3) is 0.0909. The van der Waals surface area contributed by atoms with Crippen LogP contribution in [0, 0.1) is 12.7 Å². The van der Waals surface area contributed by atoms with Gasteiger partial charge in [-0.25, -0.2) is 9.37 Å². The highest BCUT2D eigenvalue weighted by Gasteiger charge is 2.08. The van der Waals surface area contributed by atoms with Crippen LogP contribution in [-0.4, -0.2) is 9.97 Å². The first-order chi connectivity index (χ1) is 8.06. The van der Waals surface area contributed by atoms with Crippen molar-refractivity contribution in [3.8, 4) is 0 Å². The molecule has 0 saturated heterocycles. The van der Waals surface area contributed by atoms with Gasteiger partial charge in [0.1, 0.15) is 10.8 Å². The summed E-state index contributed by atoms with van der Waals surface area (Å²) in [5.74, 6) is -0.113. The lowest BCUT2D eigenvalue weighted by Crippen LogP contribution is -1.98. The molecule has 0 atom stereocenters. The summed E-state index contributed by atoms with van der Waals surface area (Å²) in [4.78, 5) is 7.59. The molecule has 0 bridgehead atoms. The molecule has 0 fully saturated rings. The Morgan fingerprint density at radius 2 is 2.06 bits per heavy atom. The Labute approximate surface area is 108 Å². The van der Waals surface area contributed by atoms with Crippen LogP contribution in [-0.2, 0) is 0 Å². The largest absolute Gasteiger partial charge is 0.336 e. The fourth-order valence-corrected chi connectivity index (χ4v) is 1.57. The predicted octanol–water partition coefficient (Wildman–Crippen LogP) is 3.97. The number of benzene rings is 1. The number of halogens is 3. The molecule has 0 aliphatic carbocycles. The Balaban J connectivity index is 2.37. The van der Waals surface area contributed by atoms with Gasteiger partial charge in [0.25, 0.3) is 0 Å². The molecule has 1 aromatic heterocycles. The molecule has 0 spiro atoms. The molecule has 0 unspecified atom stereocenters. The average molecular weight is 272 g/mol. The summed E-state index contributed by atoms with van der Waals surface area (Å²) in [6, 6.07) is 4.70. The van der Waals surface area contributed by atoms with Crippen LogP contribution in [0.1, 0.15) is 5.56 Å². The van der Waals surface area contributed by atoms with E-state index in [4.69, 9.17) is 23.2 Å². The summed E-state index contributed by atoms with van der Waals surface area (Å²) in [6.07, 6.45) is 1.35. The lowest BCUT2D eigenvalue weighted by Gasteiger charge is -2.08. The Morgan fingerprint density at radius 1 is 1.29 bits per heavy atom. The van der Waals surface area contributed by atoms with Gasteiger partial charge in [0.15, 0.2) is 5.82 Å². The molecular formula is C11H8Cl2FN3. The van der Waals surface area contributed by atoms with Crippen molar-refractivity contribution >= 4 is 34.7 Å². The van der Waals surface area contributed by atoms with E-state index in [1.165, 1.54) is 12.3 Å². The molecule has 0 saturated carbocycles. The van der Waals surface area contributed by atoms with Crippen molar-refractivity contribution in [1.29, 1.82) is 0 Å². The van der Waals surface area contributed by atoms with Crippen LogP contribution in [0.5, 0.6) is 0 Å². The molecular weight excluding hydrogens is 264 g/mol. The summed E-state index contributed by atoms with van der Waals surface area (Å²) in [7, 11) is 0. The minimum Gasteiger partial charge on any atom is -0.336 e. The summed E-state index contributed by atoms with van der Waals surface area (Å²) >= 11 is 11.5. The van der Waals surface area contributed by atoms with Crippen LogP contribution in [0.15, 0.2) is 24.4 Å². The van der Waals surface area contributed by atoms with Gasteiger partial charge in [-0.1, -0.05) is 17.7 Å². The van der Waals surface area contributed by atoms with E-state index in [-0.39, 0.29) is 21.9 Å². The summed E-state index contributed by atoms with van der Waals surface area (Å²) in [5.41, 5.74) is 1.21. The first kappa shape index (κ1) is 12.1. The van der Waals surface area contributed by atoms with Gasteiger partial charge >= 0.3 is 0 Å². The van der Waals surface area contributed by atoms with Crippen molar-refractivity contribution in [3.05, 3.63) is 46.1 Å². The molecule has 1 heterocycles. The molecule has 2 rings (SSSR count). The lowest BCUT2D eigenvalue weighted by molar-refractivity contribution is 0.631. The number of aryl methyl sites for hydroxylation is 1. The highest BCUT2D eigenvalue weighted by molar-refractivity contribution is 6.33. The van der Waals surface area contributed by atoms with Gasteiger partial charge in [0.2, 0.25) is 5.28 Å². The Kier molecular flexibility index (Phi) is 3.45. The lowest BCUT2D eigenvalue weighted by atomic mass is 10.2. The van der Waals surface area contributed by atoms with Crippen LogP contribution in [0.4, 0.5) is 15.9 Å². The third-order valence-electron chi connectivity index (χ3n) is 2.09. The summed E-state index contributed by atoms with van der Waals surface area (Å²) in [5, 5.41) is 3.10. The fourth-order valence-electron chi connectivity index (χ4n) is 1.30. The number of nitrogens with one attached hydrogen (secondary N) is 1. The van der Waals surface area contributed by atoms with Gasteiger partial charge in [0.05, 0.1) is 11.9 Å². The number of anilines is 2. The second kappa shape index (κ2) is 4.85. The molecule has 17 heavy (non-hydrogen) atoms. The van der Waals surface area contributed by atoms with E-state index in [9.17, 15) is 4.39 Å². The van der Waals surface area contributed by atoms with Crippen LogP contribution >= 0.6 is 23.2 Å². The zero-order valence-electron chi connectivity index (χ0n) is 8.84. The van der Waals surface area contributed by atoms with Crippen molar-refractivity contribution in [2.24, 2.45) is 0 Å². The second-order valence-electron chi connectivity index (χ2n) is 3.44. The minimum absolute atomic E-state index is 0.0463. The van der Waals surface area contributed by atoms with E-state index >= 15 is 0 Å². The quantitative estimate of drug-likeness (QED) is 0.840. The Bertz CT molecular complexity index is 511. The maximum Gasteiger partial charge on any atom is 0.224 e. The molecule has 0 aliphatic heterocycles. The van der Waals surface area contributed by atoms with E-state index in [1.807, 2.05) is 6.92 Å². The maximum absolute atomic E-state index is 13.5. The van der Waals surface area contributed by atoms with Gasteiger partial charge < -0.3 is 5.32 Å². The van der Waals surface area contributed by atoms with Crippen molar-refractivity contribution in [2.75, 3.05) is 5.32 Å². The molecule has 1 aromatic carbocycles. The van der Waals surface area contributed by atoms with Crippen molar-refractivity contribution < 1.29 is 4.39 Å². The molecule has 88 valence electrons. The summed E-state index contributed by atoms with van der Waals surface area (Å²) < 4.78 is 13.5. The van der Waals surface area contributed by atoms with Gasteiger partial charge in [-0.2, -0.15) is 4.98 Å². The molecule has 3 nitrogen and oxygen atoms in total. The van der Waals surface area contributed by atoms with Gasteiger partial charge in [-0.15, -0.1) is 0 Å². The number of hydrogen-bond acceptors (Lipinski definition) is 3. The zero-order valence-corrected chi connectivity index (χ0v) is 10.3. The highest BCUT2D eigenvalue weighted by Crippen LogP contribution is 2.25. The molecule has 1 N–H and O–H groups in total. The Hall–Kier alpha value is -1.39. The van der Waals surface area contributed by atoms with Crippen LogP contribution < -0.4 is 5.32 Å². The van der Waals surface area contributed by atoms with Crippen molar-refractivity contribution in [2.45, 2.75) is 6.92 Å². The van der Waals surface area contributed by atoms with E-state index in [2.05, 4.69) is 15.3 Å². The van der Waals surface area contributed by atoms with Gasteiger partial charge in [-0.05, 0) is 36.2 Å². The monoisotopic (exact) mass is 271 g/mol. The van der Waals surface area contributed by atoms with Crippen LogP contribution in [0.3, 0.4) is 0 Å². The maximum atomic E-state index is 13.5. The normalized spacial score (nSPS) is 10.4. The predicted molar refractivity (Wildman–Crippen MR) is 66.5 cm³/mol. The third-order valence-corrected chi connectivity index (χ3v) is 2.55. The highest BCUT2D eigenvalue weighted by atomic mass is 35.5. The second-order valence-corrected chi connectivity index (χ2v) is 4.19. The number of hydrogen-bond donors (Lipinski definition) is 1. The van der Waals surface area contributed by atoms with Gasteiger partial charge in [0, 0.05) is 0 Å². The third kappa shape index (κ3) is 2.84. The number of aromatic nitrogens is 2. The molecule has 2 aromatic rings. The topological polar surface area (TPSA) is 37.8 Å². The van der Waals surface area contributed by atoms with Crippen LogP contribution in [0.25, 0.3) is 0 Å². The summed E-state index contributed by atoms with van der Waals surface area (Å²) in [6.45, 7) is 1.86. The average Bonchev–Trinajstić information content (AvgIpc) is 2.28. The van der Waals surface area contributed by atoms with E-state index in [0.717, 1.165) is 5.56 Å². The number of rotatable bonds is 2. The van der Waals surface area contributed by atoms with Crippen LogP contribution in [0.2, 0.25) is 10.3 Å². The zero-order chi connectivity index (χ0) is 12.4. The SMILES string of the molecule is Cc1ccc(F)c(Nc2nc(Cl)ncc2Cl)c1. The van der Waals surface area contributed by atoms with Crippen molar-refractivity contribution in [3.63, 3.8) is 0 Å². The number of nitrogens with zero attached hydrogens (tertiary/aromatic N) is 2. The molecule has 0 aliphatic rings. The smallest absolute Gasteiger partial charge is 0.224 e. The standard InChI is InChI=1S/C11H8Cl2FN3/c1-6-2-3-8(14)9(4-6)16-10-7(12)5-15-11(13)17-10/h2-5H,1H3,(H,15,16,17). The minimum atomic E-state index is -0.388. The Morgan fingerprint density at radius 3 is 2.82 bits per heavy atom. The first-order valence-electron chi connectivity index (χ1n) is 4.77. The van der Waals surface area contributed by atoms with Crippen molar-refractivity contribution in [1.82, 2.24) is 9.97 Å². The molecule has 6 heteroatoms. The first-order valence-corrected chi connectivity index (χ1v) is 5.53.